The molecule has 5 nitrogen and oxygen atoms in total. The van der Waals surface area contributed by atoms with Crippen molar-refractivity contribution in [1.29, 1.82) is 0 Å². The summed E-state index contributed by atoms with van der Waals surface area (Å²) in [6.07, 6.45) is 3.55. The highest BCUT2D eigenvalue weighted by molar-refractivity contribution is 7.92. The SMILES string of the molecule is COc1ccc(S(=O)(=O)Nc2cc(-n3cccc3)ccc2F)cc1Cl. The van der Waals surface area contributed by atoms with Gasteiger partial charge in [-0.15, -0.1) is 0 Å². The molecule has 0 unspecified atom stereocenters. The van der Waals surface area contributed by atoms with Gasteiger partial charge in [-0.05, 0) is 48.5 Å². The standard InChI is InChI=1S/C17H14ClFN2O3S/c1-24-17-7-5-13(11-14(17)18)25(22,23)20-16-10-12(4-6-15(16)19)21-8-2-3-9-21/h2-11,20H,1H3. The molecule has 0 aliphatic carbocycles. The molecule has 25 heavy (non-hydrogen) atoms. The van der Waals surface area contributed by atoms with Gasteiger partial charge >= 0.3 is 0 Å². The van der Waals surface area contributed by atoms with E-state index in [1.165, 1.54) is 37.4 Å². The smallest absolute Gasteiger partial charge is 0.262 e. The van der Waals surface area contributed by atoms with E-state index in [0.29, 0.717) is 11.4 Å². The second kappa shape index (κ2) is 6.78. The molecule has 0 saturated carbocycles. The lowest BCUT2D eigenvalue weighted by molar-refractivity contribution is 0.414. The van der Waals surface area contributed by atoms with Crippen LogP contribution < -0.4 is 9.46 Å². The molecule has 0 radical (unpaired) electrons. The van der Waals surface area contributed by atoms with Crippen LogP contribution in [-0.2, 0) is 10.0 Å². The summed E-state index contributed by atoms with van der Waals surface area (Å²) >= 11 is 5.97. The van der Waals surface area contributed by atoms with Gasteiger partial charge in [0.25, 0.3) is 10.0 Å². The third kappa shape index (κ3) is 3.62. The maximum absolute atomic E-state index is 14.1. The number of halogens is 2. The van der Waals surface area contributed by atoms with Gasteiger partial charge in [-0.25, -0.2) is 12.8 Å². The molecule has 0 aliphatic rings. The van der Waals surface area contributed by atoms with Crippen LogP contribution in [0.15, 0.2) is 65.8 Å². The van der Waals surface area contributed by atoms with Crippen molar-refractivity contribution in [3.8, 4) is 11.4 Å². The molecule has 3 aromatic rings. The number of anilines is 1. The Morgan fingerprint density at radius 1 is 1.12 bits per heavy atom. The van der Waals surface area contributed by atoms with Gasteiger partial charge < -0.3 is 9.30 Å². The molecular weight excluding hydrogens is 367 g/mol. The van der Waals surface area contributed by atoms with Crippen molar-refractivity contribution in [3.05, 3.63) is 71.8 Å². The van der Waals surface area contributed by atoms with E-state index in [1.807, 2.05) is 12.1 Å². The monoisotopic (exact) mass is 380 g/mol. The summed E-state index contributed by atoms with van der Waals surface area (Å²) in [4.78, 5) is -0.0935. The van der Waals surface area contributed by atoms with Crippen LogP contribution in [0.3, 0.4) is 0 Å². The van der Waals surface area contributed by atoms with Gasteiger partial charge in [-0.1, -0.05) is 11.6 Å². The van der Waals surface area contributed by atoms with E-state index in [4.69, 9.17) is 16.3 Å². The molecule has 2 aromatic carbocycles. The normalized spacial score (nSPS) is 11.3. The Labute approximate surface area is 149 Å². The Balaban J connectivity index is 1.95. The van der Waals surface area contributed by atoms with Gasteiger partial charge in [0, 0.05) is 18.1 Å². The van der Waals surface area contributed by atoms with E-state index in [0.717, 1.165) is 0 Å². The Kier molecular flexibility index (Phi) is 4.69. The van der Waals surface area contributed by atoms with Crippen molar-refractivity contribution < 1.29 is 17.5 Å². The van der Waals surface area contributed by atoms with Crippen molar-refractivity contribution in [2.24, 2.45) is 0 Å². The average Bonchev–Trinajstić information content (AvgIpc) is 3.11. The van der Waals surface area contributed by atoms with Crippen molar-refractivity contribution in [2.45, 2.75) is 4.90 Å². The second-order valence-electron chi connectivity index (χ2n) is 5.16. The fourth-order valence-corrected chi connectivity index (χ4v) is 3.68. The first-order valence-electron chi connectivity index (χ1n) is 7.20. The number of aromatic nitrogens is 1. The Bertz CT molecular complexity index is 1000. The van der Waals surface area contributed by atoms with E-state index in [2.05, 4.69) is 4.72 Å². The minimum Gasteiger partial charge on any atom is -0.495 e. The van der Waals surface area contributed by atoms with Crippen molar-refractivity contribution in [1.82, 2.24) is 4.57 Å². The molecule has 0 saturated heterocycles. The molecule has 0 aliphatic heterocycles. The van der Waals surface area contributed by atoms with Crippen molar-refractivity contribution in [3.63, 3.8) is 0 Å². The maximum atomic E-state index is 14.1. The fraction of sp³-hybridized carbons (Fsp3) is 0.0588. The van der Waals surface area contributed by atoms with Crippen LogP contribution in [0.5, 0.6) is 5.75 Å². The van der Waals surface area contributed by atoms with Crippen LogP contribution in [0, 0.1) is 5.82 Å². The number of sulfonamides is 1. The lowest BCUT2D eigenvalue weighted by Crippen LogP contribution is -2.14. The van der Waals surface area contributed by atoms with Gasteiger partial charge in [0.05, 0.1) is 22.7 Å². The number of hydrogen-bond donors (Lipinski definition) is 1. The van der Waals surface area contributed by atoms with Crippen molar-refractivity contribution in [2.75, 3.05) is 11.8 Å². The van der Waals surface area contributed by atoms with Gasteiger partial charge in [-0.3, -0.25) is 4.72 Å². The highest BCUT2D eigenvalue weighted by Crippen LogP contribution is 2.28. The molecule has 0 fully saturated rings. The number of rotatable bonds is 5. The van der Waals surface area contributed by atoms with Crippen molar-refractivity contribution >= 4 is 27.3 Å². The van der Waals surface area contributed by atoms with Crippen LogP contribution in [0.4, 0.5) is 10.1 Å². The Morgan fingerprint density at radius 3 is 2.48 bits per heavy atom. The average molecular weight is 381 g/mol. The third-order valence-corrected chi connectivity index (χ3v) is 5.19. The van der Waals surface area contributed by atoms with Crippen LogP contribution in [0.1, 0.15) is 0 Å². The predicted molar refractivity (Wildman–Crippen MR) is 94.5 cm³/mol. The van der Waals surface area contributed by atoms with Gasteiger partial charge in [0.2, 0.25) is 0 Å². The lowest BCUT2D eigenvalue weighted by Gasteiger charge is -2.12. The minimum absolute atomic E-state index is 0.0935. The van der Waals surface area contributed by atoms with Gasteiger partial charge in [0.1, 0.15) is 11.6 Å². The molecule has 0 spiro atoms. The zero-order valence-corrected chi connectivity index (χ0v) is 14.7. The number of hydrogen-bond acceptors (Lipinski definition) is 3. The van der Waals surface area contributed by atoms with E-state index >= 15 is 0 Å². The second-order valence-corrected chi connectivity index (χ2v) is 7.25. The first kappa shape index (κ1) is 17.3. The van der Waals surface area contributed by atoms with E-state index in [-0.39, 0.29) is 15.6 Å². The summed E-state index contributed by atoms with van der Waals surface area (Å²) in [5, 5.41) is 0.145. The fourth-order valence-electron chi connectivity index (χ4n) is 2.28. The molecule has 0 bridgehead atoms. The molecule has 130 valence electrons. The molecular formula is C17H14ClFN2O3S. The van der Waals surface area contributed by atoms with E-state index in [1.54, 1.807) is 23.0 Å². The molecule has 0 amide bonds. The summed E-state index contributed by atoms with van der Waals surface area (Å²) in [6, 6.07) is 11.8. The molecule has 8 heteroatoms. The number of nitrogens with one attached hydrogen (secondary N) is 1. The Morgan fingerprint density at radius 2 is 1.84 bits per heavy atom. The molecule has 3 rings (SSSR count). The van der Waals surface area contributed by atoms with Crippen LogP contribution in [-0.4, -0.2) is 20.1 Å². The first-order valence-corrected chi connectivity index (χ1v) is 9.06. The largest absolute Gasteiger partial charge is 0.495 e. The number of nitrogens with zero attached hydrogens (tertiary/aromatic N) is 1. The Hall–Kier alpha value is -2.51. The number of benzene rings is 2. The number of methoxy groups -OCH3 is 1. The molecule has 1 aromatic heterocycles. The molecule has 1 N–H and O–H groups in total. The summed E-state index contributed by atoms with van der Waals surface area (Å²) in [7, 11) is -2.58. The quantitative estimate of drug-likeness (QED) is 0.725. The van der Waals surface area contributed by atoms with Gasteiger partial charge in [-0.2, -0.15) is 0 Å². The summed E-state index contributed by atoms with van der Waals surface area (Å²) < 4.78 is 48.1. The summed E-state index contributed by atoms with van der Waals surface area (Å²) in [5.41, 5.74) is 0.468. The topological polar surface area (TPSA) is 60.3 Å². The highest BCUT2D eigenvalue weighted by atomic mass is 35.5. The zero-order chi connectivity index (χ0) is 18.0. The van der Waals surface area contributed by atoms with Crippen LogP contribution in [0.25, 0.3) is 5.69 Å². The summed E-state index contributed by atoms with van der Waals surface area (Å²) in [6.45, 7) is 0. The van der Waals surface area contributed by atoms with E-state index in [9.17, 15) is 12.8 Å². The van der Waals surface area contributed by atoms with Crippen LogP contribution in [0.2, 0.25) is 5.02 Å². The highest BCUT2D eigenvalue weighted by Gasteiger charge is 2.18. The maximum Gasteiger partial charge on any atom is 0.262 e. The summed E-state index contributed by atoms with van der Waals surface area (Å²) in [5.74, 6) is -0.333. The van der Waals surface area contributed by atoms with Crippen LogP contribution >= 0.6 is 11.6 Å². The van der Waals surface area contributed by atoms with E-state index < -0.39 is 15.8 Å². The minimum atomic E-state index is -4.01. The predicted octanol–water partition coefficient (Wildman–Crippen LogP) is 4.08. The molecule has 0 atom stereocenters. The zero-order valence-electron chi connectivity index (χ0n) is 13.1. The lowest BCUT2D eigenvalue weighted by atomic mass is 10.2. The van der Waals surface area contributed by atoms with Gasteiger partial charge in [0.15, 0.2) is 0 Å². The molecule has 1 heterocycles. The number of ether oxygens (including phenoxy) is 1. The third-order valence-electron chi connectivity index (χ3n) is 3.53. The first-order chi connectivity index (χ1) is 11.9.